The van der Waals surface area contributed by atoms with Crippen LogP contribution in [0.1, 0.15) is 6.42 Å². The number of nitrogens with two attached hydrogens (primary N) is 1. The second-order valence-corrected chi connectivity index (χ2v) is 4.00. The zero-order chi connectivity index (χ0) is 9.26. The van der Waals surface area contributed by atoms with E-state index in [1.807, 2.05) is 12.1 Å². The number of nitrogen functional groups attached to an aromatic ring is 1. The van der Waals surface area contributed by atoms with Gasteiger partial charge in [0, 0.05) is 17.1 Å². The summed E-state index contributed by atoms with van der Waals surface area (Å²) in [6.07, 6.45) is 0.554. The lowest BCUT2D eigenvalue weighted by Crippen LogP contribution is -2.11. The third-order valence-electron chi connectivity index (χ3n) is 1.91. The number of nitrogens with one attached hydrogen (secondary N) is 1. The first-order valence-electron chi connectivity index (χ1n) is 4.08. The number of carbonyl (C=O) groups is 1. The Morgan fingerprint density at radius 3 is 3.15 bits per heavy atom. The SMILES string of the molecule is Nc1cccc2c1NC(=O)CCS2. The molecule has 0 radical (unpaired) electrons. The third kappa shape index (κ3) is 1.62. The topological polar surface area (TPSA) is 55.1 Å². The summed E-state index contributed by atoms with van der Waals surface area (Å²) in [7, 11) is 0. The van der Waals surface area contributed by atoms with Crippen LogP contribution in [0, 0.1) is 0 Å². The Morgan fingerprint density at radius 1 is 1.46 bits per heavy atom. The Labute approximate surface area is 80.7 Å². The number of rotatable bonds is 0. The van der Waals surface area contributed by atoms with E-state index in [1.54, 1.807) is 17.8 Å². The molecule has 0 fully saturated rings. The maximum absolute atomic E-state index is 11.2. The molecule has 4 heteroatoms. The Bertz CT molecular complexity index is 351. The predicted octanol–water partition coefficient (Wildman–Crippen LogP) is 1.70. The van der Waals surface area contributed by atoms with Crippen LogP contribution in [0.5, 0.6) is 0 Å². The number of hydrogen-bond acceptors (Lipinski definition) is 3. The van der Waals surface area contributed by atoms with Crippen molar-refractivity contribution in [1.29, 1.82) is 0 Å². The Kier molecular flexibility index (Phi) is 2.14. The van der Waals surface area contributed by atoms with Gasteiger partial charge in [0.1, 0.15) is 0 Å². The standard InChI is InChI=1S/C9H10N2OS/c10-6-2-1-3-7-9(6)11-8(12)4-5-13-7/h1-3H,4-5,10H2,(H,11,12). The van der Waals surface area contributed by atoms with Gasteiger partial charge in [-0.15, -0.1) is 11.8 Å². The fourth-order valence-corrected chi connectivity index (χ4v) is 2.25. The highest BCUT2D eigenvalue weighted by molar-refractivity contribution is 7.99. The van der Waals surface area contributed by atoms with E-state index in [2.05, 4.69) is 5.32 Å². The monoisotopic (exact) mass is 194 g/mol. The number of thioether (sulfide) groups is 1. The quantitative estimate of drug-likeness (QED) is 0.618. The lowest BCUT2D eigenvalue weighted by molar-refractivity contribution is -0.115. The van der Waals surface area contributed by atoms with Gasteiger partial charge in [0.25, 0.3) is 0 Å². The van der Waals surface area contributed by atoms with E-state index in [9.17, 15) is 4.79 Å². The molecule has 1 aromatic carbocycles. The molecule has 3 N–H and O–H groups in total. The number of amides is 1. The minimum absolute atomic E-state index is 0.0455. The highest BCUT2D eigenvalue weighted by Gasteiger charge is 2.14. The van der Waals surface area contributed by atoms with Crippen LogP contribution in [0.4, 0.5) is 11.4 Å². The number of anilines is 2. The Hall–Kier alpha value is -1.16. The number of benzene rings is 1. The minimum Gasteiger partial charge on any atom is -0.397 e. The predicted molar refractivity (Wildman–Crippen MR) is 54.8 cm³/mol. The van der Waals surface area contributed by atoms with Gasteiger partial charge in [0.2, 0.25) is 5.91 Å². The van der Waals surface area contributed by atoms with E-state index < -0.39 is 0 Å². The van der Waals surface area contributed by atoms with Gasteiger partial charge in [0.15, 0.2) is 0 Å². The summed E-state index contributed by atoms with van der Waals surface area (Å²) >= 11 is 1.66. The van der Waals surface area contributed by atoms with Gasteiger partial charge in [0.05, 0.1) is 11.4 Å². The van der Waals surface area contributed by atoms with Crippen LogP contribution in [-0.4, -0.2) is 11.7 Å². The number of para-hydroxylation sites is 1. The normalized spacial score (nSPS) is 15.8. The minimum atomic E-state index is 0.0455. The summed E-state index contributed by atoms with van der Waals surface area (Å²) in [6, 6.07) is 5.67. The molecule has 0 aliphatic carbocycles. The smallest absolute Gasteiger partial charge is 0.225 e. The molecule has 1 aromatic rings. The summed E-state index contributed by atoms with van der Waals surface area (Å²) in [5.74, 6) is 0.867. The first kappa shape index (κ1) is 8.44. The van der Waals surface area contributed by atoms with E-state index in [0.717, 1.165) is 16.3 Å². The van der Waals surface area contributed by atoms with Crippen LogP contribution >= 0.6 is 11.8 Å². The van der Waals surface area contributed by atoms with Crippen LogP contribution < -0.4 is 11.1 Å². The molecule has 13 heavy (non-hydrogen) atoms. The molecular weight excluding hydrogens is 184 g/mol. The molecule has 0 bridgehead atoms. The van der Waals surface area contributed by atoms with Crippen LogP contribution in [-0.2, 0) is 4.79 Å². The zero-order valence-corrected chi connectivity index (χ0v) is 7.86. The van der Waals surface area contributed by atoms with Gasteiger partial charge in [-0.05, 0) is 12.1 Å². The lowest BCUT2D eigenvalue weighted by Gasteiger charge is -2.07. The molecule has 0 atom stereocenters. The molecular formula is C9H10N2OS. The van der Waals surface area contributed by atoms with E-state index in [4.69, 9.17) is 5.73 Å². The fraction of sp³-hybridized carbons (Fsp3) is 0.222. The van der Waals surface area contributed by atoms with Crippen molar-refractivity contribution in [3.8, 4) is 0 Å². The van der Waals surface area contributed by atoms with Crippen molar-refractivity contribution in [2.75, 3.05) is 16.8 Å². The van der Waals surface area contributed by atoms with E-state index in [1.165, 1.54) is 0 Å². The molecule has 0 saturated heterocycles. The molecule has 1 amide bonds. The molecule has 1 heterocycles. The van der Waals surface area contributed by atoms with Crippen molar-refractivity contribution in [3.05, 3.63) is 18.2 Å². The van der Waals surface area contributed by atoms with Gasteiger partial charge in [-0.25, -0.2) is 0 Å². The maximum atomic E-state index is 11.2. The highest BCUT2D eigenvalue weighted by atomic mass is 32.2. The van der Waals surface area contributed by atoms with Crippen molar-refractivity contribution >= 4 is 29.0 Å². The molecule has 0 aromatic heterocycles. The molecule has 3 nitrogen and oxygen atoms in total. The molecule has 0 unspecified atom stereocenters. The average molecular weight is 194 g/mol. The first-order valence-corrected chi connectivity index (χ1v) is 5.07. The van der Waals surface area contributed by atoms with Gasteiger partial charge >= 0.3 is 0 Å². The van der Waals surface area contributed by atoms with E-state index in [0.29, 0.717) is 12.1 Å². The van der Waals surface area contributed by atoms with E-state index in [-0.39, 0.29) is 5.91 Å². The largest absolute Gasteiger partial charge is 0.397 e. The van der Waals surface area contributed by atoms with Crippen LogP contribution in [0.15, 0.2) is 23.1 Å². The second kappa shape index (κ2) is 3.30. The summed E-state index contributed by atoms with van der Waals surface area (Å²) < 4.78 is 0. The maximum Gasteiger partial charge on any atom is 0.225 e. The van der Waals surface area contributed by atoms with Gasteiger partial charge < -0.3 is 11.1 Å². The van der Waals surface area contributed by atoms with Crippen LogP contribution in [0.3, 0.4) is 0 Å². The third-order valence-corrected chi connectivity index (χ3v) is 2.97. The highest BCUT2D eigenvalue weighted by Crippen LogP contribution is 2.34. The second-order valence-electron chi connectivity index (χ2n) is 2.87. The summed E-state index contributed by atoms with van der Waals surface area (Å²) in [6.45, 7) is 0. The molecule has 1 aliphatic rings. The van der Waals surface area contributed by atoms with Gasteiger partial charge in [-0.1, -0.05) is 6.07 Å². The molecule has 2 rings (SSSR count). The average Bonchev–Trinajstić information content (AvgIpc) is 2.28. The van der Waals surface area contributed by atoms with Gasteiger partial charge in [-0.2, -0.15) is 0 Å². The summed E-state index contributed by atoms with van der Waals surface area (Å²) in [5, 5.41) is 2.81. The zero-order valence-electron chi connectivity index (χ0n) is 7.04. The fourth-order valence-electron chi connectivity index (χ4n) is 1.26. The van der Waals surface area contributed by atoms with Crippen molar-refractivity contribution in [2.45, 2.75) is 11.3 Å². The molecule has 0 saturated carbocycles. The number of carbonyl (C=O) groups excluding carboxylic acids is 1. The Balaban J connectivity index is 2.46. The van der Waals surface area contributed by atoms with Crippen molar-refractivity contribution < 1.29 is 4.79 Å². The molecule has 68 valence electrons. The summed E-state index contributed by atoms with van der Waals surface area (Å²) in [4.78, 5) is 12.3. The number of hydrogen-bond donors (Lipinski definition) is 2. The van der Waals surface area contributed by atoms with Crippen molar-refractivity contribution in [2.24, 2.45) is 0 Å². The molecule has 1 aliphatic heterocycles. The Morgan fingerprint density at radius 2 is 2.31 bits per heavy atom. The number of fused-ring (bicyclic) bond motifs is 1. The molecule has 0 spiro atoms. The van der Waals surface area contributed by atoms with Gasteiger partial charge in [-0.3, -0.25) is 4.79 Å². The van der Waals surface area contributed by atoms with Crippen LogP contribution in [0.25, 0.3) is 0 Å². The summed E-state index contributed by atoms with van der Waals surface area (Å²) in [5.41, 5.74) is 7.16. The lowest BCUT2D eigenvalue weighted by atomic mass is 10.2. The van der Waals surface area contributed by atoms with Crippen molar-refractivity contribution in [3.63, 3.8) is 0 Å². The first-order chi connectivity index (χ1) is 6.27. The van der Waals surface area contributed by atoms with Crippen LogP contribution in [0.2, 0.25) is 0 Å². The van der Waals surface area contributed by atoms with Crippen molar-refractivity contribution in [1.82, 2.24) is 0 Å². The van der Waals surface area contributed by atoms with E-state index >= 15 is 0 Å².